The molecule has 6 heteroatoms. The average Bonchev–Trinajstić information content (AvgIpc) is 3.18. The van der Waals surface area contributed by atoms with Crippen LogP contribution in [0, 0.1) is 18.3 Å². The minimum Gasteiger partial charge on any atom is -0.337 e. The van der Waals surface area contributed by atoms with Crippen molar-refractivity contribution in [3.8, 4) is 6.07 Å². The summed E-state index contributed by atoms with van der Waals surface area (Å²) in [5, 5.41) is 12.5. The first-order valence-electron chi connectivity index (χ1n) is 11.2. The van der Waals surface area contributed by atoms with Crippen molar-refractivity contribution < 1.29 is 4.79 Å². The predicted molar refractivity (Wildman–Crippen MR) is 124 cm³/mol. The molecule has 1 atom stereocenters. The molecule has 1 aliphatic heterocycles. The summed E-state index contributed by atoms with van der Waals surface area (Å²) < 4.78 is 2.08. The van der Waals surface area contributed by atoms with Crippen molar-refractivity contribution in [2.24, 2.45) is 0 Å². The number of hydrogen-bond donors (Lipinski definition) is 1. The van der Waals surface area contributed by atoms with Gasteiger partial charge in [-0.2, -0.15) is 5.26 Å². The van der Waals surface area contributed by atoms with Crippen LogP contribution in [-0.4, -0.2) is 32.9 Å². The molecule has 32 heavy (non-hydrogen) atoms. The molecular formula is C26H29N5O. The topological polar surface area (TPSA) is 74.0 Å². The van der Waals surface area contributed by atoms with Crippen LogP contribution in [0.4, 0.5) is 0 Å². The van der Waals surface area contributed by atoms with Crippen LogP contribution in [-0.2, 0) is 24.4 Å². The van der Waals surface area contributed by atoms with Gasteiger partial charge in [-0.15, -0.1) is 0 Å². The Balaban J connectivity index is 1.39. The molecule has 1 amide bonds. The number of nitriles is 1. The Hall–Kier alpha value is -3.43. The molecule has 1 aliphatic rings. The van der Waals surface area contributed by atoms with Gasteiger partial charge in [0.25, 0.3) is 0 Å². The molecule has 0 bridgehead atoms. The van der Waals surface area contributed by atoms with Gasteiger partial charge in [-0.3, -0.25) is 4.79 Å². The number of carbonyl (C=O) groups excluding carboxylic acids is 1. The fourth-order valence-electron chi connectivity index (χ4n) is 4.19. The summed E-state index contributed by atoms with van der Waals surface area (Å²) >= 11 is 0. The summed E-state index contributed by atoms with van der Waals surface area (Å²) in [5.41, 5.74) is 5.24. The summed E-state index contributed by atoms with van der Waals surface area (Å²) in [6.07, 6.45) is 6.59. The maximum absolute atomic E-state index is 13.3. The van der Waals surface area contributed by atoms with E-state index in [1.165, 1.54) is 11.1 Å². The Morgan fingerprint density at radius 2 is 1.94 bits per heavy atom. The molecule has 1 saturated heterocycles. The standard InChI is InChI=1S/C26H29N5O/c1-20-6-2-3-7-23(20)18-30-13-5-4-8-25(26(30)32)29-16-24-15-28-19-31(24)17-22-11-9-21(14-27)10-12-22/h2-3,6-7,9-12,15,19,25,29H,4-5,8,13,16-18H2,1H3. The number of rotatable bonds is 7. The molecule has 1 N–H and O–H groups in total. The second-order valence-corrected chi connectivity index (χ2v) is 8.44. The smallest absolute Gasteiger partial charge is 0.240 e. The number of benzene rings is 2. The van der Waals surface area contributed by atoms with Crippen molar-refractivity contribution >= 4 is 5.91 Å². The molecule has 164 valence electrons. The van der Waals surface area contributed by atoms with Gasteiger partial charge >= 0.3 is 0 Å². The Morgan fingerprint density at radius 3 is 2.72 bits per heavy atom. The SMILES string of the molecule is Cc1ccccc1CN1CCCCC(NCc2cncn2Cc2ccc(C#N)cc2)C1=O. The Morgan fingerprint density at radius 1 is 1.12 bits per heavy atom. The van der Waals surface area contributed by atoms with E-state index in [1.807, 2.05) is 53.8 Å². The quantitative estimate of drug-likeness (QED) is 0.623. The second kappa shape index (κ2) is 10.3. The van der Waals surface area contributed by atoms with E-state index in [-0.39, 0.29) is 11.9 Å². The highest BCUT2D eigenvalue weighted by atomic mass is 16.2. The fraction of sp³-hybridized carbons (Fsp3) is 0.346. The third kappa shape index (κ3) is 5.24. The Labute approximate surface area is 189 Å². The van der Waals surface area contributed by atoms with E-state index in [9.17, 15) is 4.79 Å². The lowest BCUT2D eigenvalue weighted by molar-refractivity contribution is -0.133. The molecule has 4 rings (SSSR count). The second-order valence-electron chi connectivity index (χ2n) is 8.44. The van der Waals surface area contributed by atoms with Crippen molar-refractivity contribution in [1.29, 1.82) is 5.26 Å². The van der Waals surface area contributed by atoms with Crippen LogP contribution in [0.15, 0.2) is 61.1 Å². The number of amides is 1. The van der Waals surface area contributed by atoms with E-state index >= 15 is 0 Å². The number of nitrogens with one attached hydrogen (secondary N) is 1. The number of imidazole rings is 1. The predicted octanol–water partition coefficient (Wildman–Crippen LogP) is 3.78. The van der Waals surface area contributed by atoms with Crippen LogP contribution in [0.25, 0.3) is 0 Å². The number of nitrogens with zero attached hydrogens (tertiary/aromatic N) is 4. The zero-order valence-corrected chi connectivity index (χ0v) is 18.5. The Bertz CT molecular complexity index is 1100. The summed E-state index contributed by atoms with van der Waals surface area (Å²) in [6, 6.07) is 17.8. The number of aryl methyl sites for hydroxylation is 1. The van der Waals surface area contributed by atoms with Crippen LogP contribution < -0.4 is 5.32 Å². The van der Waals surface area contributed by atoms with E-state index < -0.39 is 0 Å². The van der Waals surface area contributed by atoms with Gasteiger partial charge < -0.3 is 14.8 Å². The first-order valence-corrected chi connectivity index (χ1v) is 11.2. The van der Waals surface area contributed by atoms with Crippen molar-refractivity contribution in [2.45, 2.75) is 51.9 Å². The van der Waals surface area contributed by atoms with Gasteiger partial charge in [-0.05, 0) is 55.0 Å². The summed E-state index contributed by atoms with van der Waals surface area (Å²) in [5.74, 6) is 0.184. The van der Waals surface area contributed by atoms with E-state index in [4.69, 9.17) is 5.26 Å². The van der Waals surface area contributed by atoms with Crippen molar-refractivity contribution in [2.75, 3.05) is 6.54 Å². The third-order valence-electron chi connectivity index (χ3n) is 6.17. The number of aromatic nitrogens is 2. The molecule has 0 aliphatic carbocycles. The molecule has 2 heterocycles. The van der Waals surface area contributed by atoms with E-state index in [0.29, 0.717) is 25.2 Å². The molecular weight excluding hydrogens is 398 g/mol. The van der Waals surface area contributed by atoms with Crippen LogP contribution in [0.5, 0.6) is 0 Å². The summed E-state index contributed by atoms with van der Waals surface area (Å²) in [6.45, 7) is 4.84. The van der Waals surface area contributed by atoms with Gasteiger partial charge in [0.15, 0.2) is 0 Å². The van der Waals surface area contributed by atoms with Gasteiger partial charge in [0, 0.05) is 32.4 Å². The lowest BCUT2D eigenvalue weighted by atomic mass is 10.1. The Kier molecular flexibility index (Phi) is 6.98. The number of carbonyl (C=O) groups is 1. The van der Waals surface area contributed by atoms with Crippen LogP contribution in [0.1, 0.15) is 47.2 Å². The molecule has 1 unspecified atom stereocenters. The van der Waals surface area contributed by atoms with Crippen LogP contribution in [0.3, 0.4) is 0 Å². The van der Waals surface area contributed by atoms with E-state index in [1.54, 1.807) is 0 Å². The monoisotopic (exact) mass is 427 g/mol. The van der Waals surface area contributed by atoms with E-state index in [2.05, 4.69) is 40.0 Å². The average molecular weight is 428 g/mol. The molecule has 0 spiro atoms. The van der Waals surface area contributed by atoms with Gasteiger partial charge in [0.05, 0.1) is 29.7 Å². The zero-order valence-electron chi connectivity index (χ0n) is 18.5. The third-order valence-corrected chi connectivity index (χ3v) is 6.17. The van der Waals surface area contributed by atoms with Crippen LogP contribution >= 0.6 is 0 Å². The maximum Gasteiger partial charge on any atom is 0.240 e. The molecule has 1 aromatic heterocycles. The first kappa shape index (κ1) is 21.8. The number of likely N-dealkylation sites (tertiary alicyclic amines) is 1. The number of hydrogen-bond acceptors (Lipinski definition) is 4. The first-order chi connectivity index (χ1) is 15.6. The molecule has 3 aromatic rings. The largest absolute Gasteiger partial charge is 0.337 e. The normalized spacial score (nSPS) is 16.6. The van der Waals surface area contributed by atoms with Gasteiger partial charge in [0.2, 0.25) is 5.91 Å². The van der Waals surface area contributed by atoms with Crippen LogP contribution in [0.2, 0.25) is 0 Å². The zero-order chi connectivity index (χ0) is 22.3. The highest BCUT2D eigenvalue weighted by molar-refractivity contribution is 5.82. The van der Waals surface area contributed by atoms with Crippen molar-refractivity contribution in [3.63, 3.8) is 0 Å². The molecule has 6 nitrogen and oxygen atoms in total. The summed E-state index contributed by atoms with van der Waals surface area (Å²) in [4.78, 5) is 19.6. The highest BCUT2D eigenvalue weighted by Crippen LogP contribution is 2.18. The summed E-state index contributed by atoms with van der Waals surface area (Å²) in [7, 11) is 0. The van der Waals surface area contributed by atoms with E-state index in [0.717, 1.165) is 37.1 Å². The minimum atomic E-state index is -0.181. The van der Waals surface area contributed by atoms with Gasteiger partial charge in [-0.1, -0.05) is 36.4 Å². The van der Waals surface area contributed by atoms with Gasteiger partial charge in [0.1, 0.15) is 0 Å². The molecule has 0 radical (unpaired) electrons. The highest BCUT2D eigenvalue weighted by Gasteiger charge is 2.27. The molecule has 1 fully saturated rings. The van der Waals surface area contributed by atoms with Crippen molar-refractivity contribution in [3.05, 3.63) is 89.0 Å². The lowest BCUT2D eigenvalue weighted by Gasteiger charge is -2.26. The van der Waals surface area contributed by atoms with Gasteiger partial charge in [-0.25, -0.2) is 4.98 Å². The molecule has 2 aromatic carbocycles. The van der Waals surface area contributed by atoms with Crippen molar-refractivity contribution in [1.82, 2.24) is 19.8 Å². The minimum absolute atomic E-state index is 0.181. The fourth-order valence-corrected chi connectivity index (χ4v) is 4.19. The maximum atomic E-state index is 13.3. The molecule has 0 saturated carbocycles. The lowest BCUT2D eigenvalue weighted by Crippen LogP contribution is -2.45.